The van der Waals surface area contributed by atoms with Crippen LogP contribution >= 0.6 is 0 Å². The number of benzene rings is 1. The Hall–Kier alpha value is -2.49. The first-order chi connectivity index (χ1) is 14.1. The molecule has 1 N–H and O–H groups in total. The highest BCUT2D eigenvalue weighted by Crippen LogP contribution is 2.42. The molecule has 7 nitrogen and oxygen atoms in total. The fourth-order valence-corrected chi connectivity index (χ4v) is 4.32. The molecule has 1 aliphatic heterocycles. The number of nitrogens with zero attached hydrogens (tertiary/aromatic N) is 2. The van der Waals surface area contributed by atoms with Gasteiger partial charge < -0.3 is 29.5 Å². The van der Waals surface area contributed by atoms with E-state index in [4.69, 9.17) is 0 Å². The van der Waals surface area contributed by atoms with E-state index < -0.39 is 35.6 Å². The first kappa shape index (κ1) is 22.2. The van der Waals surface area contributed by atoms with Crippen molar-refractivity contribution in [2.45, 2.75) is 50.0 Å². The van der Waals surface area contributed by atoms with E-state index >= 15 is 0 Å². The fourth-order valence-electron chi connectivity index (χ4n) is 4.32. The van der Waals surface area contributed by atoms with Gasteiger partial charge in [0, 0.05) is 26.2 Å². The molecule has 3 rings (SSSR count). The van der Waals surface area contributed by atoms with Crippen LogP contribution in [0.2, 0.25) is 0 Å². The lowest BCUT2D eigenvalue weighted by molar-refractivity contribution is -0.274. The predicted octanol–water partition coefficient (Wildman–Crippen LogP) is 1.85. The molecule has 30 heavy (non-hydrogen) atoms. The summed E-state index contributed by atoms with van der Waals surface area (Å²) in [6, 6.07) is 5.15. The molecular formula is C20H24F3N2O5-. The number of hydrogen-bond donors (Lipinski definition) is 1. The zero-order valence-corrected chi connectivity index (χ0v) is 16.4. The monoisotopic (exact) mass is 429 g/mol. The van der Waals surface area contributed by atoms with Crippen LogP contribution in [0, 0.1) is 0 Å². The van der Waals surface area contributed by atoms with Gasteiger partial charge >= 0.3 is 6.36 Å². The summed E-state index contributed by atoms with van der Waals surface area (Å²) in [6.07, 6.45) is -3.16. The molecule has 0 radical (unpaired) electrons. The number of carbonyl (C=O) groups excluding carboxylic acids is 2. The number of rotatable bonds is 4. The molecule has 1 heterocycles. The van der Waals surface area contributed by atoms with Gasteiger partial charge in [-0.1, -0.05) is 31.4 Å². The summed E-state index contributed by atoms with van der Waals surface area (Å²) >= 11 is 0. The highest BCUT2D eigenvalue weighted by atomic mass is 19.4. The summed E-state index contributed by atoms with van der Waals surface area (Å²) < 4.78 is 41.9. The Morgan fingerprint density at radius 3 is 2.23 bits per heavy atom. The van der Waals surface area contributed by atoms with E-state index in [1.54, 1.807) is 0 Å². The summed E-state index contributed by atoms with van der Waals surface area (Å²) in [5.74, 6) is -1.95. The van der Waals surface area contributed by atoms with Crippen molar-refractivity contribution in [1.29, 1.82) is 0 Å². The first-order valence-electron chi connectivity index (χ1n) is 9.92. The molecule has 1 aromatic carbocycles. The standard InChI is InChI=1S/C20H25F3N2O5/c21-20(22,23)30-15-6-4-5-14(13-15)16(19(29)7-2-1-3-8-19)17(26)24-9-11-25(12-10-24)18(27)28/h4-6,13,16,29H,1-3,7-12H2,(H,27,28)/p-1. The van der Waals surface area contributed by atoms with Gasteiger partial charge in [-0.25, -0.2) is 0 Å². The minimum atomic E-state index is -4.87. The lowest BCUT2D eigenvalue weighted by Gasteiger charge is -2.43. The van der Waals surface area contributed by atoms with Gasteiger partial charge in [-0.2, -0.15) is 0 Å². The van der Waals surface area contributed by atoms with E-state index in [1.807, 2.05) is 0 Å². The molecule has 10 heteroatoms. The Labute approximate surface area is 172 Å². The third-order valence-electron chi connectivity index (χ3n) is 5.78. The zero-order valence-electron chi connectivity index (χ0n) is 16.4. The second-order valence-corrected chi connectivity index (χ2v) is 7.80. The molecule has 1 aromatic rings. The van der Waals surface area contributed by atoms with Crippen molar-refractivity contribution in [3.63, 3.8) is 0 Å². The lowest BCUT2D eigenvalue weighted by Crippen LogP contribution is -2.56. The average molecular weight is 429 g/mol. The topological polar surface area (TPSA) is 93.1 Å². The van der Waals surface area contributed by atoms with Crippen molar-refractivity contribution in [3.8, 4) is 5.75 Å². The molecular weight excluding hydrogens is 405 g/mol. The summed E-state index contributed by atoms with van der Waals surface area (Å²) in [5.41, 5.74) is -1.15. The molecule has 166 valence electrons. The molecule has 2 aliphatic rings. The molecule has 2 amide bonds. The Morgan fingerprint density at radius 2 is 1.67 bits per heavy atom. The van der Waals surface area contributed by atoms with Crippen molar-refractivity contribution < 1.29 is 37.7 Å². The third-order valence-corrected chi connectivity index (χ3v) is 5.78. The van der Waals surface area contributed by atoms with E-state index in [1.165, 1.54) is 17.0 Å². The van der Waals surface area contributed by atoms with Gasteiger partial charge in [-0.3, -0.25) is 4.79 Å². The van der Waals surface area contributed by atoms with Crippen LogP contribution < -0.4 is 9.84 Å². The SMILES string of the molecule is O=C([O-])N1CCN(C(=O)C(c2cccc(OC(F)(F)F)c2)C2(O)CCCCC2)CC1. The molecule has 1 saturated carbocycles. The number of hydrogen-bond acceptors (Lipinski definition) is 5. The smallest absolute Gasteiger partial charge is 0.530 e. The van der Waals surface area contributed by atoms with Crippen molar-refractivity contribution in [2.24, 2.45) is 0 Å². The fraction of sp³-hybridized carbons (Fsp3) is 0.600. The van der Waals surface area contributed by atoms with E-state index in [0.717, 1.165) is 23.5 Å². The summed E-state index contributed by atoms with van der Waals surface area (Å²) in [6.45, 7) is 0.406. The number of alkyl halides is 3. The Morgan fingerprint density at radius 1 is 1.07 bits per heavy atom. The normalized spacial score (nSPS) is 20.5. The van der Waals surface area contributed by atoms with Crippen molar-refractivity contribution in [1.82, 2.24) is 9.80 Å². The molecule has 2 fully saturated rings. The molecule has 0 bridgehead atoms. The summed E-state index contributed by atoms with van der Waals surface area (Å²) in [5, 5.41) is 22.3. The molecule has 0 spiro atoms. The minimum Gasteiger partial charge on any atom is -0.530 e. The van der Waals surface area contributed by atoms with Gasteiger partial charge in [0.25, 0.3) is 0 Å². The number of halogens is 3. The predicted molar refractivity (Wildman–Crippen MR) is 97.4 cm³/mol. The second kappa shape index (κ2) is 8.71. The second-order valence-electron chi connectivity index (χ2n) is 7.80. The van der Waals surface area contributed by atoms with Gasteiger partial charge in [0.2, 0.25) is 5.91 Å². The Balaban J connectivity index is 1.89. The largest absolute Gasteiger partial charge is 0.573 e. The highest BCUT2D eigenvalue weighted by Gasteiger charge is 2.45. The Kier molecular flexibility index (Phi) is 6.44. The highest BCUT2D eigenvalue weighted by molar-refractivity contribution is 5.85. The number of carboxylic acid groups (broad SMARTS) is 1. The number of carbonyl (C=O) groups is 2. The van der Waals surface area contributed by atoms with Crippen LogP contribution in [0.3, 0.4) is 0 Å². The van der Waals surface area contributed by atoms with Crippen LogP contribution in [0.1, 0.15) is 43.6 Å². The van der Waals surface area contributed by atoms with Crippen LogP contribution in [0.25, 0.3) is 0 Å². The van der Waals surface area contributed by atoms with Crippen LogP contribution in [0.5, 0.6) is 5.75 Å². The quantitative estimate of drug-likeness (QED) is 0.789. The number of ether oxygens (including phenoxy) is 1. The molecule has 1 saturated heterocycles. The van der Waals surface area contributed by atoms with Gasteiger partial charge in [0.1, 0.15) is 11.8 Å². The van der Waals surface area contributed by atoms with Gasteiger partial charge in [0.15, 0.2) is 0 Å². The van der Waals surface area contributed by atoms with Crippen LogP contribution in [0.4, 0.5) is 18.0 Å². The van der Waals surface area contributed by atoms with E-state index in [0.29, 0.717) is 25.7 Å². The lowest BCUT2D eigenvalue weighted by atomic mass is 9.72. The van der Waals surface area contributed by atoms with E-state index in [2.05, 4.69) is 4.74 Å². The molecule has 1 unspecified atom stereocenters. The molecule has 1 atom stereocenters. The molecule has 0 aromatic heterocycles. The summed E-state index contributed by atoms with van der Waals surface area (Å²) in [4.78, 5) is 26.9. The Bertz CT molecular complexity index is 772. The number of amides is 2. The van der Waals surface area contributed by atoms with Crippen LogP contribution in [-0.2, 0) is 4.79 Å². The van der Waals surface area contributed by atoms with E-state index in [-0.39, 0.29) is 31.7 Å². The zero-order chi connectivity index (χ0) is 21.9. The summed E-state index contributed by atoms with van der Waals surface area (Å²) in [7, 11) is 0. The van der Waals surface area contributed by atoms with Crippen molar-refractivity contribution >= 4 is 12.0 Å². The first-order valence-corrected chi connectivity index (χ1v) is 9.92. The maximum absolute atomic E-state index is 13.4. The maximum atomic E-state index is 13.4. The van der Waals surface area contributed by atoms with Gasteiger partial charge in [0.05, 0.1) is 11.5 Å². The maximum Gasteiger partial charge on any atom is 0.573 e. The van der Waals surface area contributed by atoms with Crippen LogP contribution in [0.15, 0.2) is 24.3 Å². The number of aliphatic hydroxyl groups is 1. The van der Waals surface area contributed by atoms with Crippen molar-refractivity contribution in [2.75, 3.05) is 26.2 Å². The van der Waals surface area contributed by atoms with Crippen LogP contribution in [-0.4, -0.2) is 65.0 Å². The van der Waals surface area contributed by atoms with E-state index in [9.17, 15) is 33.0 Å². The average Bonchev–Trinajstić information content (AvgIpc) is 2.67. The van der Waals surface area contributed by atoms with Gasteiger partial charge in [-0.05, 0) is 30.5 Å². The minimum absolute atomic E-state index is 0.0798. The van der Waals surface area contributed by atoms with Crippen molar-refractivity contribution in [3.05, 3.63) is 29.8 Å². The third kappa shape index (κ3) is 5.16. The molecule has 1 aliphatic carbocycles. The number of piperazine rings is 1. The van der Waals surface area contributed by atoms with Gasteiger partial charge in [-0.15, -0.1) is 13.2 Å².